The van der Waals surface area contributed by atoms with Crippen molar-refractivity contribution in [3.05, 3.63) is 53.9 Å². The quantitative estimate of drug-likeness (QED) is 0.701. The Morgan fingerprint density at radius 1 is 1.07 bits per heavy atom. The highest BCUT2D eigenvalue weighted by atomic mass is 16.5. The number of amides is 1. The molecule has 2 heterocycles. The number of rotatable bonds is 8. The van der Waals surface area contributed by atoms with Gasteiger partial charge in [-0.2, -0.15) is 0 Å². The Balaban J connectivity index is 1.60. The maximum Gasteiger partial charge on any atom is 0.254 e. The van der Waals surface area contributed by atoms with E-state index in [0.717, 1.165) is 39.1 Å². The van der Waals surface area contributed by atoms with E-state index in [4.69, 9.17) is 9.47 Å². The molecule has 0 N–H and O–H groups in total. The fourth-order valence-corrected chi connectivity index (χ4v) is 3.28. The van der Waals surface area contributed by atoms with Crippen molar-refractivity contribution in [3.8, 4) is 11.5 Å². The highest BCUT2D eigenvalue weighted by Crippen LogP contribution is 2.29. The van der Waals surface area contributed by atoms with E-state index >= 15 is 0 Å². The van der Waals surface area contributed by atoms with Crippen LogP contribution in [-0.2, 0) is 6.54 Å². The summed E-state index contributed by atoms with van der Waals surface area (Å²) in [5, 5.41) is 0. The Hall–Kier alpha value is -2.60. The van der Waals surface area contributed by atoms with Gasteiger partial charge in [-0.3, -0.25) is 14.7 Å². The summed E-state index contributed by atoms with van der Waals surface area (Å²) in [5.74, 6) is 1.38. The first-order valence-corrected chi connectivity index (χ1v) is 10.0. The number of pyridine rings is 1. The molecule has 0 saturated carbocycles. The van der Waals surface area contributed by atoms with Crippen LogP contribution in [0.5, 0.6) is 11.5 Å². The minimum Gasteiger partial charge on any atom is -0.490 e. The van der Waals surface area contributed by atoms with Crippen LogP contribution in [0.2, 0.25) is 0 Å². The van der Waals surface area contributed by atoms with E-state index < -0.39 is 0 Å². The van der Waals surface area contributed by atoms with Gasteiger partial charge >= 0.3 is 0 Å². The number of hydrogen-bond acceptors (Lipinski definition) is 5. The first-order chi connectivity index (χ1) is 13.7. The maximum atomic E-state index is 12.9. The summed E-state index contributed by atoms with van der Waals surface area (Å²) in [6.45, 7) is 9.18. The van der Waals surface area contributed by atoms with Crippen LogP contribution in [0.4, 0.5) is 0 Å². The molecule has 6 nitrogen and oxygen atoms in total. The van der Waals surface area contributed by atoms with Crippen LogP contribution >= 0.6 is 0 Å². The van der Waals surface area contributed by atoms with E-state index in [1.54, 1.807) is 12.3 Å². The minimum atomic E-state index is 0.0454. The summed E-state index contributed by atoms with van der Waals surface area (Å²) >= 11 is 0. The van der Waals surface area contributed by atoms with Crippen LogP contribution in [0.25, 0.3) is 0 Å². The van der Waals surface area contributed by atoms with Gasteiger partial charge in [0.25, 0.3) is 5.91 Å². The largest absolute Gasteiger partial charge is 0.490 e. The molecule has 6 heteroatoms. The first kappa shape index (κ1) is 20.1. The van der Waals surface area contributed by atoms with Crippen molar-refractivity contribution in [3.63, 3.8) is 0 Å². The second-order valence-electron chi connectivity index (χ2n) is 6.87. The number of piperazine rings is 1. The van der Waals surface area contributed by atoms with Crippen molar-refractivity contribution in [1.82, 2.24) is 14.8 Å². The summed E-state index contributed by atoms with van der Waals surface area (Å²) in [6, 6.07) is 9.52. The second kappa shape index (κ2) is 10.1. The van der Waals surface area contributed by atoms with Crippen molar-refractivity contribution in [2.45, 2.75) is 26.8 Å². The van der Waals surface area contributed by atoms with E-state index in [-0.39, 0.29) is 5.91 Å². The van der Waals surface area contributed by atoms with Crippen LogP contribution in [0, 0.1) is 0 Å². The third kappa shape index (κ3) is 5.23. The molecule has 0 radical (unpaired) electrons. The third-order valence-electron chi connectivity index (χ3n) is 4.74. The zero-order valence-electron chi connectivity index (χ0n) is 16.8. The van der Waals surface area contributed by atoms with E-state index in [0.29, 0.717) is 30.3 Å². The molecule has 1 aromatic carbocycles. The molecule has 1 aromatic heterocycles. The lowest BCUT2D eigenvalue weighted by atomic mass is 10.1. The van der Waals surface area contributed by atoms with Gasteiger partial charge in [0.05, 0.1) is 13.2 Å². The van der Waals surface area contributed by atoms with Crippen LogP contribution < -0.4 is 9.47 Å². The van der Waals surface area contributed by atoms with Crippen LogP contribution in [0.3, 0.4) is 0 Å². The molecule has 1 amide bonds. The molecule has 2 aromatic rings. The zero-order valence-corrected chi connectivity index (χ0v) is 16.8. The van der Waals surface area contributed by atoms with Gasteiger partial charge in [0.15, 0.2) is 11.5 Å². The molecule has 150 valence electrons. The molecule has 0 bridgehead atoms. The zero-order chi connectivity index (χ0) is 19.8. The molecule has 0 unspecified atom stereocenters. The Morgan fingerprint density at radius 3 is 2.57 bits per heavy atom. The highest BCUT2D eigenvalue weighted by molar-refractivity contribution is 5.95. The normalized spacial score (nSPS) is 14.7. The predicted molar refractivity (Wildman–Crippen MR) is 109 cm³/mol. The average Bonchev–Trinajstić information content (AvgIpc) is 2.74. The highest BCUT2D eigenvalue weighted by Gasteiger charge is 2.23. The summed E-state index contributed by atoms with van der Waals surface area (Å²) < 4.78 is 11.4. The molecular formula is C22H29N3O3. The van der Waals surface area contributed by atoms with Gasteiger partial charge in [-0.25, -0.2) is 0 Å². The Bertz CT molecular complexity index is 759. The van der Waals surface area contributed by atoms with Gasteiger partial charge < -0.3 is 14.4 Å². The van der Waals surface area contributed by atoms with Gasteiger partial charge in [-0.15, -0.1) is 0 Å². The third-order valence-corrected chi connectivity index (χ3v) is 4.74. The summed E-state index contributed by atoms with van der Waals surface area (Å²) in [7, 11) is 0. The number of carbonyl (C=O) groups excluding carboxylic acids is 1. The van der Waals surface area contributed by atoms with E-state index in [1.807, 2.05) is 36.2 Å². The minimum absolute atomic E-state index is 0.0454. The Morgan fingerprint density at radius 2 is 1.89 bits per heavy atom. The maximum absolute atomic E-state index is 12.9. The van der Waals surface area contributed by atoms with Crippen molar-refractivity contribution >= 4 is 5.91 Å². The smallest absolute Gasteiger partial charge is 0.254 e. The average molecular weight is 383 g/mol. The Labute approximate surface area is 167 Å². The van der Waals surface area contributed by atoms with Gasteiger partial charge in [-0.05, 0) is 43.2 Å². The van der Waals surface area contributed by atoms with Crippen molar-refractivity contribution in [2.75, 3.05) is 39.4 Å². The lowest BCUT2D eigenvalue weighted by molar-refractivity contribution is 0.0628. The van der Waals surface area contributed by atoms with Gasteiger partial charge in [-0.1, -0.05) is 13.0 Å². The van der Waals surface area contributed by atoms with Crippen LogP contribution in [0.15, 0.2) is 42.7 Å². The molecule has 1 saturated heterocycles. The predicted octanol–water partition coefficient (Wildman–Crippen LogP) is 3.23. The second-order valence-corrected chi connectivity index (χ2v) is 6.87. The summed E-state index contributed by atoms with van der Waals surface area (Å²) in [5.41, 5.74) is 1.85. The van der Waals surface area contributed by atoms with E-state index in [2.05, 4.69) is 22.9 Å². The van der Waals surface area contributed by atoms with Gasteiger partial charge in [0.2, 0.25) is 0 Å². The fraction of sp³-hybridized carbons (Fsp3) is 0.455. The molecule has 0 aliphatic carbocycles. The lowest BCUT2D eigenvalue weighted by Crippen LogP contribution is -2.48. The number of carbonyl (C=O) groups is 1. The molecule has 3 rings (SSSR count). The summed E-state index contributed by atoms with van der Waals surface area (Å²) in [6.07, 6.45) is 4.61. The Kier molecular flexibility index (Phi) is 7.25. The van der Waals surface area contributed by atoms with E-state index in [9.17, 15) is 4.79 Å². The molecule has 1 aliphatic heterocycles. The van der Waals surface area contributed by atoms with E-state index in [1.165, 1.54) is 5.56 Å². The van der Waals surface area contributed by atoms with Gasteiger partial charge in [0.1, 0.15) is 0 Å². The number of hydrogen-bond donors (Lipinski definition) is 0. The molecule has 0 spiro atoms. The number of ether oxygens (including phenoxy) is 2. The van der Waals surface area contributed by atoms with Crippen molar-refractivity contribution < 1.29 is 14.3 Å². The summed E-state index contributed by atoms with van der Waals surface area (Å²) in [4.78, 5) is 21.4. The number of benzene rings is 1. The SMILES string of the molecule is CCCOc1ccc(C(=O)N2CCN(Cc3cccnc3)CC2)cc1OCC. The van der Waals surface area contributed by atoms with Crippen LogP contribution in [0.1, 0.15) is 36.2 Å². The number of aromatic nitrogens is 1. The first-order valence-electron chi connectivity index (χ1n) is 10.0. The molecule has 28 heavy (non-hydrogen) atoms. The molecule has 1 fully saturated rings. The monoisotopic (exact) mass is 383 g/mol. The topological polar surface area (TPSA) is 54.9 Å². The molecular weight excluding hydrogens is 354 g/mol. The van der Waals surface area contributed by atoms with Crippen LogP contribution in [-0.4, -0.2) is 60.1 Å². The van der Waals surface area contributed by atoms with Crippen molar-refractivity contribution in [2.24, 2.45) is 0 Å². The lowest BCUT2D eigenvalue weighted by Gasteiger charge is -2.34. The number of nitrogens with zero attached hydrogens (tertiary/aromatic N) is 3. The molecule has 1 aliphatic rings. The fourth-order valence-electron chi connectivity index (χ4n) is 3.28. The van der Waals surface area contributed by atoms with Gasteiger partial charge in [0, 0.05) is 50.7 Å². The standard InChI is InChI=1S/C22H29N3O3/c1-3-14-28-20-8-7-19(15-21(20)27-4-2)22(26)25-12-10-24(11-13-25)17-18-6-5-9-23-16-18/h5-9,15-16H,3-4,10-14,17H2,1-2H3. The van der Waals surface area contributed by atoms with Crippen molar-refractivity contribution in [1.29, 1.82) is 0 Å². The molecule has 0 atom stereocenters.